The first-order valence-corrected chi connectivity index (χ1v) is 13.5. The Bertz CT molecular complexity index is 1410. The van der Waals surface area contributed by atoms with Crippen LogP contribution < -0.4 is 10.1 Å². The van der Waals surface area contributed by atoms with Crippen molar-refractivity contribution < 1.29 is 43.2 Å². The van der Waals surface area contributed by atoms with E-state index < -0.39 is 55.4 Å². The predicted molar refractivity (Wildman–Crippen MR) is 151 cm³/mol. The lowest BCUT2D eigenvalue weighted by molar-refractivity contribution is -0.337. The number of carbonyl (C=O) groups is 3. The van der Waals surface area contributed by atoms with Crippen LogP contribution in [0, 0.1) is 0 Å². The fourth-order valence-corrected chi connectivity index (χ4v) is 4.93. The lowest BCUT2D eigenvalue weighted by Crippen LogP contribution is -2.68. The molecule has 2 aliphatic heterocycles. The molecular formula is C32H31NO9. The van der Waals surface area contributed by atoms with Gasteiger partial charge in [-0.15, -0.1) is 0 Å². The Morgan fingerprint density at radius 2 is 1.64 bits per heavy atom. The van der Waals surface area contributed by atoms with Crippen molar-refractivity contribution in [1.29, 1.82) is 0 Å². The molecule has 2 fully saturated rings. The molecule has 0 spiro atoms. The molecule has 2 N–H and O–H groups in total. The van der Waals surface area contributed by atoms with Gasteiger partial charge in [0.1, 0.15) is 36.7 Å². The summed E-state index contributed by atoms with van der Waals surface area (Å²) in [6.45, 7) is 0.765. The smallest absolute Gasteiger partial charge is 0.329 e. The van der Waals surface area contributed by atoms with Gasteiger partial charge in [0, 0.05) is 12.5 Å². The number of allylic oxidation sites excluding steroid dienone is 1. The Labute approximate surface area is 242 Å². The first kappa shape index (κ1) is 29.2. The van der Waals surface area contributed by atoms with E-state index in [1.165, 1.54) is 13.0 Å². The summed E-state index contributed by atoms with van der Waals surface area (Å²) in [6, 6.07) is 24.3. The Morgan fingerprint density at radius 3 is 2.36 bits per heavy atom. The number of nitrogens with one attached hydrogen (secondary N) is 1. The molecule has 1 amide bonds. The van der Waals surface area contributed by atoms with Gasteiger partial charge in [-0.05, 0) is 23.8 Å². The SMILES string of the molecule is CC(=O)NC1C(Oc2ccccc2C(=O)/C=C/c2ccccc2)OC2COC(c3ccccc3)OC2C1OCC(=O)O. The van der Waals surface area contributed by atoms with Crippen LogP contribution in [0.1, 0.15) is 34.7 Å². The Morgan fingerprint density at radius 1 is 0.952 bits per heavy atom. The maximum atomic E-state index is 13.2. The van der Waals surface area contributed by atoms with Crippen LogP contribution in [0.3, 0.4) is 0 Å². The minimum absolute atomic E-state index is 0.0875. The summed E-state index contributed by atoms with van der Waals surface area (Å²) in [5, 5.41) is 12.2. The molecule has 2 saturated heterocycles. The zero-order valence-corrected chi connectivity index (χ0v) is 22.8. The van der Waals surface area contributed by atoms with Crippen molar-refractivity contribution >= 4 is 23.7 Å². The van der Waals surface area contributed by atoms with E-state index in [0.717, 1.165) is 11.1 Å². The van der Waals surface area contributed by atoms with Crippen LogP contribution in [0.2, 0.25) is 0 Å². The molecule has 0 radical (unpaired) electrons. The van der Waals surface area contributed by atoms with Crippen molar-refractivity contribution in [3.63, 3.8) is 0 Å². The van der Waals surface area contributed by atoms with Crippen molar-refractivity contribution in [2.75, 3.05) is 13.2 Å². The van der Waals surface area contributed by atoms with Crippen LogP contribution in [-0.2, 0) is 28.5 Å². The van der Waals surface area contributed by atoms with Gasteiger partial charge in [-0.1, -0.05) is 78.9 Å². The standard InChI is InChI=1S/C32H31NO9/c1-20(34)33-28-30(38-19-27(36)37)29-26(18-39-31(42-29)22-12-6-3-7-13-22)41-32(28)40-25-15-9-8-14-23(25)24(35)17-16-21-10-4-2-5-11-21/h2-17,26,28-32H,18-19H2,1H3,(H,33,34)(H,36,37)/b17-16+. The third-order valence-electron chi connectivity index (χ3n) is 6.80. The Balaban J connectivity index is 1.42. The maximum Gasteiger partial charge on any atom is 0.329 e. The van der Waals surface area contributed by atoms with Gasteiger partial charge in [-0.2, -0.15) is 0 Å². The molecule has 218 valence electrons. The number of ether oxygens (including phenoxy) is 5. The molecular weight excluding hydrogens is 542 g/mol. The molecule has 10 nitrogen and oxygen atoms in total. The second kappa shape index (κ2) is 13.5. The molecule has 6 atom stereocenters. The summed E-state index contributed by atoms with van der Waals surface area (Å²) in [6.07, 6.45) is -1.27. The molecule has 42 heavy (non-hydrogen) atoms. The third-order valence-corrected chi connectivity index (χ3v) is 6.80. The van der Waals surface area contributed by atoms with E-state index in [2.05, 4.69) is 5.32 Å². The zero-order chi connectivity index (χ0) is 29.5. The van der Waals surface area contributed by atoms with Crippen molar-refractivity contribution in [3.05, 3.63) is 108 Å². The van der Waals surface area contributed by atoms with Crippen LogP contribution in [0.5, 0.6) is 5.75 Å². The summed E-state index contributed by atoms with van der Waals surface area (Å²) in [5.74, 6) is -1.69. The van der Waals surface area contributed by atoms with E-state index in [1.807, 2.05) is 60.7 Å². The van der Waals surface area contributed by atoms with Crippen molar-refractivity contribution in [1.82, 2.24) is 5.32 Å². The van der Waals surface area contributed by atoms with Crippen LogP contribution in [0.4, 0.5) is 0 Å². The number of hydrogen-bond acceptors (Lipinski definition) is 8. The van der Waals surface area contributed by atoms with Gasteiger partial charge in [-0.3, -0.25) is 9.59 Å². The van der Waals surface area contributed by atoms with Gasteiger partial charge >= 0.3 is 5.97 Å². The number of para-hydroxylation sites is 1. The first-order valence-electron chi connectivity index (χ1n) is 13.5. The summed E-state index contributed by atoms with van der Waals surface area (Å²) >= 11 is 0. The van der Waals surface area contributed by atoms with Crippen LogP contribution in [0.25, 0.3) is 6.08 Å². The second-order valence-electron chi connectivity index (χ2n) is 9.84. The largest absolute Gasteiger partial charge is 0.480 e. The first-order chi connectivity index (χ1) is 20.4. The van der Waals surface area contributed by atoms with Gasteiger partial charge in [0.15, 0.2) is 12.1 Å². The van der Waals surface area contributed by atoms with Crippen LogP contribution in [0.15, 0.2) is 91.0 Å². The highest BCUT2D eigenvalue weighted by Gasteiger charge is 2.52. The third kappa shape index (κ3) is 7.10. The summed E-state index contributed by atoms with van der Waals surface area (Å²) in [7, 11) is 0. The van der Waals surface area contributed by atoms with Gasteiger partial charge in [0.2, 0.25) is 12.2 Å². The molecule has 0 saturated carbocycles. The van der Waals surface area contributed by atoms with Gasteiger partial charge in [0.05, 0.1) is 12.2 Å². The number of fused-ring (bicyclic) bond motifs is 1. The van der Waals surface area contributed by atoms with Crippen molar-refractivity contribution in [3.8, 4) is 5.75 Å². The molecule has 5 rings (SSSR count). The lowest BCUT2D eigenvalue weighted by Gasteiger charge is -2.49. The highest BCUT2D eigenvalue weighted by Crippen LogP contribution is 2.36. The van der Waals surface area contributed by atoms with E-state index in [0.29, 0.717) is 0 Å². The van der Waals surface area contributed by atoms with E-state index in [1.54, 1.807) is 30.3 Å². The van der Waals surface area contributed by atoms with E-state index >= 15 is 0 Å². The zero-order valence-electron chi connectivity index (χ0n) is 22.8. The van der Waals surface area contributed by atoms with Crippen molar-refractivity contribution in [2.24, 2.45) is 0 Å². The number of hydrogen-bond donors (Lipinski definition) is 2. The molecule has 2 heterocycles. The van der Waals surface area contributed by atoms with Crippen molar-refractivity contribution in [2.45, 2.75) is 43.9 Å². The molecule has 0 aliphatic carbocycles. The van der Waals surface area contributed by atoms with Gasteiger partial charge < -0.3 is 34.1 Å². The minimum Gasteiger partial charge on any atom is -0.480 e. The number of amides is 1. The quantitative estimate of drug-likeness (QED) is 0.275. The summed E-state index contributed by atoms with van der Waals surface area (Å²) in [5.41, 5.74) is 1.90. The highest BCUT2D eigenvalue weighted by atomic mass is 16.8. The number of carboxylic acid groups (broad SMARTS) is 1. The number of carboxylic acids is 1. The average Bonchev–Trinajstić information content (AvgIpc) is 3.00. The number of aliphatic carboxylic acids is 1. The maximum absolute atomic E-state index is 13.2. The molecule has 0 bridgehead atoms. The number of benzene rings is 3. The fourth-order valence-electron chi connectivity index (χ4n) is 4.93. The molecule has 10 heteroatoms. The Kier molecular flexibility index (Phi) is 9.40. The fraction of sp³-hybridized carbons (Fsp3) is 0.281. The number of rotatable bonds is 10. The topological polar surface area (TPSA) is 130 Å². The van der Waals surface area contributed by atoms with Crippen LogP contribution >= 0.6 is 0 Å². The average molecular weight is 574 g/mol. The summed E-state index contributed by atoms with van der Waals surface area (Å²) < 4.78 is 30.5. The van der Waals surface area contributed by atoms with E-state index in [4.69, 9.17) is 23.7 Å². The molecule has 6 unspecified atom stereocenters. The predicted octanol–water partition coefficient (Wildman–Crippen LogP) is 3.78. The van der Waals surface area contributed by atoms with Crippen LogP contribution in [-0.4, -0.2) is 66.6 Å². The normalized spacial score (nSPS) is 25.4. The van der Waals surface area contributed by atoms with Gasteiger partial charge in [-0.25, -0.2) is 4.79 Å². The Hall–Kier alpha value is -4.35. The monoisotopic (exact) mass is 573 g/mol. The molecule has 0 aromatic heterocycles. The number of ketones is 1. The number of carbonyl (C=O) groups excluding carboxylic acids is 2. The summed E-state index contributed by atoms with van der Waals surface area (Å²) in [4.78, 5) is 37.0. The lowest BCUT2D eigenvalue weighted by atomic mass is 9.95. The molecule has 3 aromatic rings. The van der Waals surface area contributed by atoms with E-state index in [-0.39, 0.29) is 23.7 Å². The minimum atomic E-state index is -1.19. The van der Waals surface area contributed by atoms with E-state index in [9.17, 15) is 19.5 Å². The molecule has 3 aromatic carbocycles. The van der Waals surface area contributed by atoms with Gasteiger partial charge in [0.25, 0.3) is 0 Å². The molecule has 2 aliphatic rings. The highest BCUT2D eigenvalue weighted by molar-refractivity contribution is 6.08. The second-order valence-corrected chi connectivity index (χ2v) is 9.84.